The fourth-order valence-corrected chi connectivity index (χ4v) is 3.72. The number of aryl methyl sites for hydroxylation is 1. The number of furan rings is 1. The first kappa shape index (κ1) is 20.6. The van der Waals surface area contributed by atoms with Gasteiger partial charge in [-0.3, -0.25) is 4.79 Å². The summed E-state index contributed by atoms with van der Waals surface area (Å²) in [5.41, 5.74) is 5.49. The lowest BCUT2D eigenvalue weighted by molar-refractivity contribution is 0.0775. The van der Waals surface area contributed by atoms with Crippen molar-refractivity contribution in [2.24, 2.45) is 0 Å². The number of hydrogen-bond acceptors (Lipinski definition) is 4. The number of carbonyl (C=O) groups is 1. The number of benzene rings is 2. The van der Waals surface area contributed by atoms with Gasteiger partial charge in [-0.15, -0.1) is 0 Å². The molecule has 0 atom stereocenters. The Morgan fingerprint density at radius 1 is 0.968 bits per heavy atom. The van der Waals surface area contributed by atoms with Gasteiger partial charge in [-0.25, -0.2) is 0 Å². The van der Waals surface area contributed by atoms with Gasteiger partial charge >= 0.3 is 0 Å². The topological polar surface area (TPSA) is 56.8 Å². The second kappa shape index (κ2) is 8.60. The SMILES string of the molecule is COc1ccc(CN(C)C(=O)c2cc3occc3n2Cc2ccc(C)cc2)cc1OC. The predicted molar refractivity (Wildman–Crippen MR) is 120 cm³/mol. The van der Waals surface area contributed by atoms with E-state index in [1.54, 1.807) is 32.4 Å². The highest BCUT2D eigenvalue weighted by molar-refractivity contribution is 5.97. The van der Waals surface area contributed by atoms with E-state index < -0.39 is 0 Å². The largest absolute Gasteiger partial charge is 0.493 e. The number of aromatic nitrogens is 1. The zero-order chi connectivity index (χ0) is 22.0. The molecule has 6 heteroatoms. The molecule has 6 nitrogen and oxygen atoms in total. The van der Waals surface area contributed by atoms with Gasteiger partial charge in [-0.2, -0.15) is 0 Å². The Kier molecular flexibility index (Phi) is 5.71. The maximum Gasteiger partial charge on any atom is 0.270 e. The maximum atomic E-state index is 13.4. The molecule has 2 heterocycles. The van der Waals surface area contributed by atoms with E-state index >= 15 is 0 Å². The average Bonchev–Trinajstić information content (AvgIpc) is 3.37. The summed E-state index contributed by atoms with van der Waals surface area (Å²) in [6.07, 6.45) is 1.65. The lowest BCUT2D eigenvalue weighted by atomic mass is 10.1. The van der Waals surface area contributed by atoms with Gasteiger partial charge in [0.15, 0.2) is 17.1 Å². The molecule has 0 spiro atoms. The monoisotopic (exact) mass is 418 g/mol. The number of nitrogens with zero attached hydrogens (tertiary/aromatic N) is 2. The molecule has 0 saturated heterocycles. The predicted octanol–water partition coefficient (Wildman–Crippen LogP) is 4.88. The molecule has 4 rings (SSSR count). The molecular formula is C25H26N2O4. The van der Waals surface area contributed by atoms with Crippen molar-refractivity contribution in [2.45, 2.75) is 20.0 Å². The van der Waals surface area contributed by atoms with Crippen LogP contribution < -0.4 is 9.47 Å². The Hall–Kier alpha value is -3.67. The molecule has 4 aromatic rings. The van der Waals surface area contributed by atoms with Crippen LogP contribution in [0.1, 0.15) is 27.2 Å². The first-order valence-corrected chi connectivity index (χ1v) is 10.1. The van der Waals surface area contributed by atoms with Gasteiger partial charge in [0, 0.05) is 32.3 Å². The second-order valence-electron chi connectivity index (χ2n) is 7.62. The van der Waals surface area contributed by atoms with Crippen molar-refractivity contribution in [1.82, 2.24) is 9.47 Å². The van der Waals surface area contributed by atoms with Crippen LogP contribution in [0.4, 0.5) is 0 Å². The highest BCUT2D eigenvalue weighted by Gasteiger charge is 2.21. The summed E-state index contributed by atoms with van der Waals surface area (Å²) in [4.78, 5) is 15.1. The second-order valence-corrected chi connectivity index (χ2v) is 7.62. The van der Waals surface area contributed by atoms with Gasteiger partial charge in [0.1, 0.15) is 5.69 Å². The summed E-state index contributed by atoms with van der Waals surface area (Å²) >= 11 is 0. The standard InChI is InChI=1S/C25H26N2O4/c1-17-5-7-18(8-6-17)16-27-20-11-12-31-23(20)14-21(27)25(28)26(2)15-19-9-10-22(29-3)24(13-19)30-4/h5-14H,15-16H2,1-4H3. The van der Waals surface area contributed by atoms with Crippen molar-refractivity contribution in [3.05, 3.63) is 83.2 Å². The van der Waals surface area contributed by atoms with Crippen LogP contribution in [0.5, 0.6) is 11.5 Å². The van der Waals surface area contributed by atoms with E-state index in [9.17, 15) is 4.79 Å². The van der Waals surface area contributed by atoms with E-state index in [0.717, 1.165) is 16.6 Å². The van der Waals surface area contributed by atoms with Gasteiger partial charge in [0.2, 0.25) is 0 Å². The van der Waals surface area contributed by atoms with Crippen molar-refractivity contribution < 1.29 is 18.7 Å². The van der Waals surface area contributed by atoms with Crippen molar-refractivity contribution in [3.8, 4) is 11.5 Å². The summed E-state index contributed by atoms with van der Waals surface area (Å²) in [6, 6.07) is 17.7. The molecule has 160 valence electrons. The third-order valence-corrected chi connectivity index (χ3v) is 5.42. The molecule has 1 amide bonds. The number of hydrogen-bond donors (Lipinski definition) is 0. The van der Waals surface area contributed by atoms with Crippen LogP contribution in [-0.4, -0.2) is 36.6 Å². The van der Waals surface area contributed by atoms with Crippen molar-refractivity contribution in [2.75, 3.05) is 21.3 Å². The summed E-state index contributed by atoms with van der Waals surface area (Å²) < 4.78 is 18.3. The fraction of sp³-hybridized carbons (Fsp3) is 0.240. The number of rotatable bonds is 7. The Bertz CT molecular complexity index is 1200. The van der Waals surface area contributed by atoms with Gasteiger partial charge < -0.3 is 23.4 Å². The van der Waals surface area contributed by atoms with Gasteiger partial charge in [0.25, 0.3) is 5.91 Å². The van der Waals surface area contributed by atoms with Crippen LogP contribution >= 0.6 is 0 Å². The normalized spacial score (nSPS) is 11.0. The summed E-state index contributed by atoms with van der Waals surface area (Å²) in [5.74, 6) is 1.22. The zero-order valence-electron chi connectivity index (χ0n) is 18.2. The molecule has 2 aromatic heterocycles. The molecule has 0 fully saturated rings. The molecular weight excluding hydrogens is 392 g/mol. The molecule has 0 radical (unpaired) electrons. The first-order chi connectivity index (χ1) is 15.0. The van der Waals surface area contributed by atoms with Gasteiger partial charge in [-0.05, 0) is 30.2 Å². The van der Waals surface area contributed by atoms with Crippen LogP contribution in [-0.2, 0) is 13.1 Å². The molecule has 0 aliphatic heterocycles. The van der Waals surface area contributed by atoms with Crippen LogP contribution in [0.25, 0.3) is 11.1 Å². The van der Waals surface area contributed by atoms with E-state index in [0.29, 0.717) is 35.9 Å². The molecule has 0 aliphatic carbocycles. The van der Waals surface area contributed by atoms with Crippen LogP contribution in [0.3, 0.4) is 0 Å². The number of ether oxygens (including phenoxy) is 2. The summed E-state index contributed by atoms with van der Waals surface area (Å²) in [7, 11) is 5.00. The number of carbonyl (C=O) groups excluding carboxylic acids is 1. The van der Waals surface area contributed by atoms with E-state index in [1.165, 1.54) is 5.56 Å². The van der Waals surface area contributed by atoms with E-state index in [4.69, 9.17) is 13.9 Å². The number of amides is 1. The lowest BCUT2D eigenvalue weighted by Crippen LogP contribution is -2.28. The summed E-state index contributed by atoms with van der Waals surface area (Å²) in [6.45, 7) is 3.09. The average molecular weight is 418 g/mol. The third kappa shape index (κ3) is 4.14. The highest BCUT2D eigenvalue weighted by Crippen LogP contribution is 2.28. The molecule has 31 heavy (non-hydrogen) atoms. The first-order valence-electron chi connectivity index (χ1n) is 10.1. The smallest absolute Gasteiger partial charge is 0.270 e. The Labute approximate surface area is 181 Å². The minimum atomic E-state index is -0.0757. The molecule has 0 aliphatic rings. The molecule has 0 N–H and O–H groups in total. The Morgan fingerprint density at radius 2 is 1.68 bits per heavy atom. The molecule has 0 saturated carbocycles. The zero-order valence-corrected chi connectivity index (χ0v) is 18.2. The van der Waals surface area contributed by atoms with Crippen LogP contribution in [0.2, 0.25) is 0 Å². The van der Waals surface area contributed by atoms with Crippen LogP contribution in [0.15, 0.2) is 65.3 Å². The van der Waals surface area contributed by atoms with E-state index in [2.05, 4.69) is 31.2 Å². The maximum absolute atomic E-state index is 13.4. The van der Waals surface area contributed by atoms with Gasteiger partial charge in [0.05, 0.1) is 26.0 Å². The molecule has 2 aromatic carbocycles. The van der Waals surface area contributed by atoms with E-state index in [1.807, 2.05) is 34.9 Å². The van der Waals surface area contributed by atoms with Gasteiger partial charge in [-0.1, -0.05) is 35.9 Å². The lowest BCUT2D eigenvalue weighted by Gasteiger charge is -2.19. The minimum absolute atomic E-state index is 0.0757. The van der Waals surface area contributed by atoms with E-state index in [-0.39, 0.29) is 5.91 Å². The van der Waals surface area contributed by atoms with Crippen molar-refractivity contribution in [1.29, 1.82) is 0 Å². The Morgan fingerprint density at radius 3 is 2.39 bits per heavy atom. The molecule has 0 bridgehead atoms. The highest BCUT2D eigenvalue weighted by atomic mass is 16.5. The fourth-order valence-electron chi connectivity index (χ4n) is 3.72. The number of fused-ring (bicyclic) bond motifs is 1. The quantitative estimate of drug-likeness (QED) is 0.429. The molecule has 0 unspecified atom stereocenters. The Balaban J connectivity index is 1.61. The van der Waals surface area contributed by atoms with Crippen molar-refractivity contribution >= 4 is 17.0 Å². The minimum Gasteiger partial charge on any atom is -0.493 e. The van der Waals surface area contributed by atoms with Crippen LogP contribution in [0, 0.1) is 6.92 Å². The summed E-state index contributed by atoms with van der Waals surface area (Å²) in [5, 5.41) is 0. The van der Waals surface area contributed by atoms with Crippen molar-refractivity contribution in [3.63, 3.8) is 0 Å². The third-order valence-electron chi connectivity index (χ3n) is 5.42. The number of methoxy groups -OCH3 is 2.